The molecule has 0 unspecified atom stereocenters. The monoisotopic (exact) mass is 459 g/mol. The standard InChI is InChI=1S/C20H21BIN2O2/c1-3-15-12-24(21(2)25)17-11-18(26-13-14-7-5-4-6-8-14)20-16(9-10-23-20)19(17)22-15/h3-11,23,25H,12-13H2,1-2H3/q-1/b15-3-. The van der Waals surface area contributed by atoms with E-state index in [0.717, 1.165) is 29.1 Å². The third kappa shape index (κ3) is 3.23. The van der Waals surface area contributed by atoms with Gasteiger partial charge in [0.1, 0.15) is 0 Å². The summed E-state index contributed by atoms with van der Waals surface area (Å²) in [6.45, 7) is 5.23. The van der Waals surface area contributed by atoms with E-state index in [9.17, 15) is 5.02 Å². The van der Waals surface area contributed by atoms with Gasteiger partial charge in [0.15, 0.2) is 0 Å². The summed E-state index contributed by atoms with van der Waals surface area (Å²) in [4.78, 5) is 5.41. The maximum absolute atomic E-state index is 10.3. The number of benzene rings is 2. The number of hydrogen-bond acceptors (Lipinski definition) is 3. The van der Waals surface area contributed by atoms with Crippen molar-refractivity contribution in [3.63, 3.8) is 0 Å². The zero-order chi connectivity index (χ0) is 18.1. The fourth-order valence-corrected chi connectivity index (χ4v) is 6.21. The molecular weight excluding hydrogens is 438 g/mol. The Morgan fingerprint density at radius 2 is 2.12 bits per heavy atom. The van der Waals surface area contributed by atoms with Gasteiger partial charge < -0.3 is 0 Å². The first-order valence-electron chi connectivity index (χ1n) is 8.73. The average molecular weight is 459 g/mol. The molecule has 2 N–H and O–H groups in total. The number of nitrogens with zero attached hydrogens (tertiary/aromatic N) is 1. The van der Waals surface area contributed by atoms with E-state index in [1.165, 1.54) is 12.5 Å². The van der Waals surface area contributed by atoms with Gasteiger partial charge in [-0.25, -0.2) is 0 Å². The van der Waals surface area contributed by atoms with E-state index in [1.54, 1.807) is 0 Å². The molecule has 0 spiro atoms. The zero-order valence-electron chi connectivity index (χ0n) is 14.9. The van der Waals surface area contributed by atoms with Gasteiger partial charge >= 0.3 is 165 Å². The summed E-state index contributed by atoms with van der Waals surface area (Å²) in [5.74, 6) is 0.839. The summed E-state index contributed by atoms with van der Waals surface area (Å²) < 4.78 is 8.95. The summed E-state index contributed by atoms with van der Waals surface area (Å²) >= 11 is -0.234. The van der Waals surface area contributed by atoms with Crippen molar-refractivity contribution in [2.24, 2.45) is 0 Å². The van der Waals surface area contributed by atoms with Crippen LogP contribution in [0.25, 0.3) is 10.9 Å². The number of hydrogen-bond donors (Lipinski definition) is 2. The predicted molar refractivity (Wildman–Crippen MR) is 103 cm³/mol. The SMILES string of the molecule is C/C=C1/CN(B(C)O)c2cc(OCc3ccccc3)c3[nH]ccc3c2[I-]1. The molecule has 4 nitrogen and oxygen atoms in total. The van der Waals surface area contributed by atoms with E-state index in [4.69, 9.17) is 4.74 Å². The quantitative estimate of drug-likeness (QED) is 0.450. The van der Waals surface area contributed by atoms with Crippen LogP contribution in [0, 0.1) is 3.57 Å². The molecule has 4 rings (SSSR count). The summed E-state index contributed by atoms with van der Waals surface area (Å²) in [7, 11) is -0.536. The predicted octanol–water partition coefficient (Wildman–Crippen LogP) is 0.840. The van der Waals surface area contributed by atoms with Crippen LogP contribution in [-0.2, 0) is 6.61 Å². The average Bonchev–Trinajstić information content (AvgIpc) is 3.16. The molecule has 0 amide bonds. The number of aromatic amines is 1. The zero-order valence-corrected chi connectivity index (χ0v) is 17.0. The number of fused-ring (bicyclic) bond motifs is 3. The fourth-order valence-electron chi connectivity index (χ4n) is 3.19. The van der Waals surface area contributed by atoms with Crippen molar-refractivity contribution < 1.29 is 31.0 Å². The van der Waals surface area contributed by atoms with Crippen molar-refractivity contribution >= 4 is 23.6 Å². The second-order valence-corrected chi connectivity index (χ2v) is 9.34. The minimum absolute atomic E-state index is 0.234. The van der Waals surface area contributed by atoms with Crippen LogP contribution in [-0.4, -0.2) is 23.6 Å². The first kappa shape index (κ1) is 17.5. The van der Waals surface area contributed by atoms with Crippen molar-refractivity contribution in [2.75, 3.05) is 11.4 Å². The Kier molecular flexibility index (Phi) is 4.95. The Morgan fingerprint density at radius 1 is 1.31 bits per heavy atom. The van der Waals surface area contributed by atoms with E-state index in [0.29, 0.717) is 6.61 Å². The van der Waals surface area contributed by atoms with Gasteiger partial charge in [-0.3, -0.25) is 0 Å². The van der Waals surface area contributed by atoms with Gasteiger partial charge in [0.25, 0.3) is 0 Å². The Labute approximate surface area is 164 Å². The number of ether oxygens (including phenoxy) is 1. The van der Waals surface area contributed by atoms with E-state index < -0.39 is 7.05 Å². The number of allylic oxidation sites excluding steroid dienone is 1. The number of anilines is 1. The Morgan fingerprint density at radius 3 is 2.85 bits per heavy atom. The van der Waals surface area contributed by atoms with Gasteiger partial charge in [-0.2, -0.15) is 0 Å². The maximum atomic E-state index is 10.3. The molecule has 2 aromatic carbocycles. The van der Waals surface area contributed by atoms with Crippen LogP contribution in [0.3, 0.4) is 0 Å². The number of nitrogens with one attached hydrogen (secondary N) is 1. The molecule has 1 aliphatic heterocycles. The molecule has 0 saturated carbocycles. The molecule has 0 radical (unpaired) electrons. The molecule has 0 fully saturated rings. The molecule has 0 aliphatic carbocycles. The second kappa shape index (κ2) is 7.36. The molecule has 0 saturated heterocycles. The van der Waals surface area contributed by atoms with Crippen LogP contribution in [0.5, 0.6) is 5.75 Å². The summed E-state index contributed by atoms with van der Waals surface area (Å²) in [5, 5.41) is 11.5. The van der Waals surface area contributed by atoms with Gasteiger partial charge in [0.05, 0.1) is 0 Å². The molecule has 6 heteroatoms. The number of halogens is 1. The van der Waals surface area contributed by atoms with Gasteiger partial charge in [0.2, 0.25) is 0 Å². The van der Waals surface area contributed by atoms with Crippen molar-refractivity contribution in [3.8, 4) is 5.75 Å². The Balaban J connectivity index is 1.77. The van der Waals surface area contributed by atoms with Crippen molar-refractivity contribution in [3.05, 3.63) is 67.5 Å². The molecule has 26 heavy (non-hydrogen) atoms. The van der Waals surface area contributed by atoms with Gasteiger partial charge in [-0.15, -0.1) is 0 Å². The molecule has 2 heterocycles. The van der Waals surface area contributed by atoms with Crippen molar-refractivity contribution in [1.29, 1.82) is 0 Å². The van der Waals surface area contributed by atoms with Crippen LogP contribution < -0.4 is 30.8 Å². The topological polar surface area (TPSA) is 48.5 Å². The van der Waals surface area contributed by atoms with Crippen LogP contribution in [0.2, 0.25) is 6.82 Å². The normalized spacial score (nSPS) is 15.7. The molecule has 1 aromatic heterocycles. The second-order valence-electron chi connectivity index (χ2n) is 6.34. The van der Waals surface area contributed by atoms with E-state index in [-0.39, 0.29) is 21.2 Å². The van der Waals surface area contributed by atoms with Gasteiger partial charge in [-0.1, -0.05) is 0 Å². The number of aromatic nitrogens is 1. The first-order chi connectivity index (χ1) is 12.7. The summed E-state index contributed by atoms with van der Waals surface area (Å²) in [5.41, 5.74) is 3.29. The first-order valence-corrected chi connectivity index (χ1v) is 10.9. The molecule has 1 aliphatic rings. The van der Waals surface area contributed by atoms with Crippen molar-refractivity contribution in [2.45, 2.75) is 20.4 Å². The minimum atomic E-state index is -0.536. The summed E-state index contributed by atoms with van der Waals surface area (Å²) in [6, 6.07) is 14.4. The van der Waals surface area contributed by atoms with Crippen LogP contribution in [0.15, 0.2) is 58.3 Å². The van der Waals surface area contributed by atoms with E-state index in [2.05, 4.69) is 47.1 Å². The van der Waals surface area contributed by atoms with Crippen LogP contribution in [0.4, 0.5) is 5.69 Å². The molecule has 134 valence electrons. The third-order valence-electron chi connectivity index (χ3n) is 4.57. The van der Waals surface area contributed by atoms with Crippen LogP contribution >= 0.6 is 0 Å². The van der Waals surface area contributed by atoms with E-state index in [1.807, 2.05) is 31.2 Å². The fraction of sp³-hybridized carbons (Fsp3) is 0.200. The summed E-state index contributed by atoms with van der Waals surface area (Å²) in [6.07, 6.45) is 4.17. The Bertz CT molecular complexity index is 953. The molecule has 0 atom stereocenters. The molecule has 3 aromatic rings. The number of H-pyrrole nitrogens is 1. The Hall–Kier alpha value is -1.93. The van der Waals surface area contributed by atoms with E-state index >= 15 is 0 Å². The van der Waals surface area contributed by atoms with Crippen LogP contribution in [0.1, 0.15) is 12.5 Å². The van der Waals surface area contributed by atoms with Gasteiger partial charge in [0, 0.05) is 0 Å². The van der Waals surface area contributed by atoms with Crippen molar-refractivity contribution in [1.82, 2.24) is 4.98 Å². The number of rotatable bonds is 4. The molecular formula is C20H21BIN2O2-. The third-order valence-corrected chi connectivity index (χ3v) is 7.90. The molecule has 0 bridgehead atoms. The van der Waals surface area contributed by atoms with Gasteiger partial charge in [-0.05, 0) is 0 Å².